The van der Waals surface area contributed by atoms with Crippen molar-refractivity contribution >= 4 is 11.8 Å². The van der Waals surface area contributed by atoms with Crippen LogP contribution in [0.15, 0.2) is 24.3 Å². The van der Waals surface area contributed by atoms with Crippen molar-refractivity contribution in [3.63, 3.8) is 0 Å². The van der Waals surface area contributed by atoms with Gasteiger partial charge in [-0.1, -0.05) is 12.2 Å². The Bertz CT molecular complexity index is 449. The van der Waals surface area contributed by atoms with E-state index < -0.39 is 16.4 Å². The molecule has 1 rings (SSSR count). The van der Waals surface area contributed by atoms with Crippen molar-refractivity contribution in [3.8, 4) is 6.07 Å². The predicted molar refractivity (Wildman–Crippen MR) is 52.3 cm³/mol. The number of nitrogens with zero attached hydrogens (tertiary/aromatic N) is 2. The quantitative estimate of drug-likeness (QED) is 0.564. The lowest BCUT2D eigenvalue weighted by Crippen LogP contribution is -1.92. The predicted octanol–water partition coefficient (Wildman–Crippen LogP) is 2.66. The van der Waals surface area contributed by atoms with Crippen LogP contribution in [-0.2, 0) is 0 Å². The van der Waals surface area contributed by atoms with Gasteiger partial charge >= 0.3 is 5.69 Å². The molecule has 5 heteroatoms. The highest BCUT2D eigenvalue weighted by atomic mass is 19.1. The standard InChI is InChI=1S/C10H7FN2O2/c11-9-7-8(3-1-2-6-12)4-5-10(9)13(14)15/h1,3-5,7H,2H2. The van der Waals surface area contributed by atoms with E-state index in [2.05, 4.69) is 0 Å². The van der Waals surface area contributed by atoms with E-state index in [1.807, 2.05) is 6.07 Å². The largest absolute Gasteiger partial charge is 0.304 e. The molecule has 0 aliphatic rings. The SMILES string of the molecule is N#CCC=Cc1ccc([N+](=O)[O-])c(F)c1. The van der Waals surface area contributed by atoms with Gasteiger partial charge in [0.25, 0.3) is 0 Å². The molecule has 0 aliphatic heterocycles. The summed E-state index contributed by atoms with van der Waals surface area (Å²) >= 11 is 0. The maximum Gasteiger partial charge on any atom is 0.304 e. The normalized spacial score (nSPS) is 10.1. The first kappa shape index (κ1) is 10.9. The Morgan fingerprint density at radius 3 is 2.87 bits per heavy atom. The third kappa shape index (κ3) is 2.88. The average molecular weight is 206 g/mol. The minimum atomic E-state index is -0.876. The molecule has 0 unspecified atom stereocenters. The third-order valence-electron chi connectivity index (χ3n) is 1.69. The van der Waals surface area contributed by atoms with Crippen LogP contribution >= 0.6 is 0 Å². The van der Waals surface area contributed by atoms with Crippen molar-refractivity contribution in [2.75, 3.05) is 0 Å². The lowest BCUT2D eigenvalue weighted by molar-refractivity contribution is -0.387. The summed E-state index contributed by atoms with van der Waals surface area (Å²) in [5, 5.41) is 18.5. The van der Waals surface area contributed by atoms with E-state index in [1.54, 1.807) is 6.08 Å². The van der Waals surface area contributed by atoms with Gasteiger partial charge in [0.15, 0.2) is 0 Å². The van der Waals surface area contributed by atoms with Gasteiger partial charge < -0.3 is 0 Å². The van der Waals surface area contributed by atoms with Crippen molar-refractivity contribution in [2.24, 2.45) is 0 Å². The molecule has 0 heterocycles. The molecule has 0 atom stereocenters. The number of benzene rings is 1. The number of nitro groups is 1. The lowest BCUT2D eigenvalue weighted by Gasteiger charge is -1.95. The zero-order chi connectivity index (χ0) is 11.3. The van der Waals surface area contributed by atoms with Gasteiger partial charge in [0.1, 0.15) is 0 Å². The molecular formula is C10H7FN2O2. The second kappa shape index (κ2) is 4.86. The Labute approximate surface area is 85.4 Å². The van der Waals surface area contributed by atoms with E-state index in [4.69, 9.17) is 5.26 Å². The second-order valence-corrected chi connectivity index (χ2v) is 2.73. The van der Waals surface area contributed by atoms with Gasteiger partial charge in [0.2, 0.25) is 5.82 Å². The first-order valence-electron chi connectivity index (χ1n) is 4.12. The molecule has 0 bridgehead atoms. The fraction of sp³-hybridized carbons (Fsp3) is 0.100. The molecule has 0 amide bonds. The zero-order valence-corrected chi connectivity index (χ0v) is 7.68. The highest BCUT2D eigenvalue weighted by molar-refractivity contribution is 5.52. The van der Waals surface area contributed by atoms with Crippen LogP contribution in [0.2, 0.25) is 0 Å². The molecule has 0 radical (unpaired) electrons. The van der Waals surface area contributed by atoms with Crippen LogP contribution in [0, 0.1) is 27.3 Å². The number of hydrogen-bond acceptors (Lipinski definition) is 3. The summed E-state index contributed by atoms with van der Waals surface area (Å²) < 4.78 is 13.1. The Morgan fingerprint density at radius 2 is 2.33 bits per heavy atom. The van der Waals surface area contributed by atoms with Crippen molar-refractivity contribution in [3.05, 3.63) is 45.8 Å². The minimum absolute atomic E-state index is 0.221. The fourth-order valence-corrected chi connectivity index (χ4v) is 1.02. The van der Waals surface area contributed by atoms with E-state index in [0.717, 1.165) is 12.1 Å². The monoisotopic (exact) mass is 206 g/mol. The summed E-state index contributed by atoms with van der Waals surface area (Å²) in [6, 6.07) is 5.48. The molecule has 1 aromatic carbocycles. The topological polar surface area (TPSA) is 66.9 Å². The molecular weight excluding hydrogens is 199 g/mol. The number of nitro benzene ring substituents is 1. The van der Waals surface area contributed by atoms with E-state index in [-0.39, 0.29) is 6.42 Å². The van der Waals surface area contributed by atoms with Crippen LogP contribution in [-0.4, -0.2) is 4.92 Å². The Hall–Kier alpha value is -2.22. The Balaban J connectivity index is 2.93. The molecule has 76 valence electrons. The number of allylic oxidation sites excluding steroid dienone is 1. The molecule has 0 aliphatic carbocycles. The first-order valence-corrected chi connectivity index (χ1v) is 4.12. The number of halogens is 1. The minimum Gasteiger partial charge on any atom is -0.258 e. The fourth-order valence-electron chi connectivity index (χ4n) is 1.02. The average Bonchev–Trinajstić information content (AvgIpc) is 2.17. The molecule has 4 nitrogen and oxygen atoms in total. The first-order chi connectivity index (χ1) is 7.15. The summed E-state index contributed by atoms with van der Waals surface area (Å²) in [5.74, 6) is -0.876. The molecule has 15 heavy (non-hydrogen) atoms. The summed E-state index contributed by atoms with van der Waals surface area (Å²) in [6.45, 7) is 0. The van der Waals surface area contributed by atoms with Crippen LogP contribution < -0.4 is 0 Å². The van der Waals surface area contributed by atoms with Crippen LogP contribution in [0.3, 0.4) is 0 Å². The molecule has 0 spiro atoms. The van der Waals surface area contributed by atoms with Crippen molar-refractivity contribution in [1.82, 2.24) is 0 Å². The van der Waals surface area contributed by atoms with E-state index in [1.165, 1.54) is 12.1 Å². The van der Waals surface area contributed by atoms with Gasteiger partial charge in [-0.3, -0.25) is 10.1 Å². The smallest absolute Gasteiger partial charge is 0.258 e. The van der Waals surface area contributed by atoms with Crippen molar-refractivity contribution < 1.29 is 9.31 Å². The van der Waals surface area contributed by atoms with Gasteiger partial charge in [0.05, 0.1) is 17.4 Å². The summed E-state index contributed by atoms with van der Waals surface area (Å²) in [4.78, 5) is 9.52. The van der Waals surface area contributed by atoms with Crippen molar-refractivity contribution in [2.45, 2.75) is 6.42 Å². The van der Waals surface area contributed by atoms with E-state index in [9.17, 15) is 14.5 Å². The highest BCUT2D eigenvalue weighted by Gasteiger charge is 2.12. The maximum atomic E-state index is 13.1. The molecule has 1 aromatic rings. The Kier molecular flexibility index (Phi) is 3.52. The molecule has 0 saturated carbocycles. The van der Waals surface area contributed by atoms with Crippen LogP contribution in [0.1, 0.15) is 12.0 Å². The van der Waals surface area contributed by atoms with Crippen LogP contribution in [0.25, 0.3) is 6.08 Å². The van der Waals surface area contributed by atoms with E-state index >= 15 is 0 Å². The molecule has 0 N–H and O–H groups in total. The maximum absolute atomic E-state index is 13.1. The summed E-state index contributed by atoms with van der Waals surface area (Å²) in [7, 11) is 0. The number of rotatable bonds is 3. The van der Waals surface area contributed by atoms with Gasteiger partial charge in [-0.25, -0.2) is 0 Å². The third-order valence-corrected chi connectivity index (χ3v) is 1.69. The highest BCUT2D eigenvalue weighted by Crippen LogP contribution is 2.18. The van der Waals surface area contributed by atoms with Crippen LogP contribution in [0.4, 0.5) is 10.1 Å². The lowest BCUT2D eigenvalue weighted by atomic mass is 10.2. The Morgan fingerprint density at radius 1 is 1.60 bits per heavy atom. The van der Waals surface area contributed by atoms with Gasteiger partial charge in [0, 0.05) is 6.07 Å². The summed E-state index contributed by atoms with van der Waals surface area (Å²) in [5.41, 5.74) is -0.0548. The summed E-state index contributed by atoms with van der Waals surface area (Å²) in [6.07, 6.45) is 3.31. The second-order valence-electron chi connectivity index (χ2n) is 2.73. The van der Waals surface area contributed by atoms with E-state index in [0.29, 0.717) is 5.56 Å². The van der Waals surface area contributed by atoms with Crippen LogP contribution in [0.5, 0.6) is 0 Å². The van der Waals surface area contributed by atoms with Crippen molar-refractivity contribution in [1.29, 1.82) is 5.26 Å². The molecule has 0 saturated heterocycles. The molecule has 0 fully saturated rings. The number of hydrogen-bond donors (Lipinski definition) is 0. The number of nitriles is 1. The molecule has 0 aromatic heterocycles. The zero-order valence-electron chi connectivity index (χ0n) is 7.68. The van der Waals surface area contributed by atoms with Gasteiger partial charge in [-0.15, -0.1) is 0 Å². The van der Waals surface area contributed by atoms with Gasteiger partial charge in [-0.2, -0.15) is 9.65 Å². The van der Waals surface area contributed by atoms with Gasteiger partial charge in [-0.05, 0) is 17.7 Å².